The molecule has 1 unspecified atom stereocenters. The standard InChI is InChI=1S/C20H27N5OS2/c1-14(2)12-18-19(26)25(20(28)21-18)17-8-5-15(6-9-17)4-7-16-13-24(23-22-16)10-3-11-27/h5-6,8-9,13-14,18,27H,3-4,7,10-12H2,1-2H3,(H,21,28). The molecular weight excluding hydrogens is 390 g/mol. The normalized spacial score (nSPS) is 16.9. The first-order chi connectivity index (χ1) is 13.5. The molecule has 0 bridgehead atoms. The summed E-state index contributed by atoms with van der Waals surface area (Å²) in [6.45, 7) is 5.06. The Labute approximate surface area is 177 Å². The molecule has 3 rings (SSSR count). The van der Waals surface area contributed by atoms with E-state index in [-0.39, 0.29) is 11.9 Å². The maximum Gasteiger partial charge on any atom is 0.255 e. The fraction of sp³-hybridized carbons (Fsp3) is 0.500. The predicted molar refractivity (Wildman–Crippen MR) is 119 cm³/mol. The van der Waals surface area contributed by atoms with Crippen LogP contribution in [0.2, 0.25) is 0 Å². The Bertz CT molecular complexity index is 818. The highest BCUT2D eigenvalue weighted by atomic mass is 32.1. The van der Waals surface area contributed by atoms with Crippen molar-refractivity contribution >= 4 is 41.6 Å². The summed E-state index contributed by atoms with van der Waals surface area (Å²) in [7, 11) is 0. The van der Waals surface area contributed by atoms with Crippen LogP contribution in [-0.4, -0.2) is 37.8 Å². The highest BCUT2D eigenvalue weighted by Gasteiger charge is 2.36. The number of thiol groups is 1. The average molecular weight is 418 g/mol. The molecule has 6 nitrogen and oxygen atoms in total. The number of hydrogen-bond acceptors (Lipinski definition) is 5. The van der Waals surface area contributed by atoms with Crippen molar-refractivity contribution in [3.8, 4) is 0 Å². The third-order valence-corrected chi connectivity index (χ3v) is 5.34. The van der Waals surface area contributed by atoms with E-state index in [1.54, 1.807) is 4.90 Å². The second-order valence-electron chi connectivity index (χ2n) is 7.52. The highest BCUT2D eigenvalue weighted by Crippen LogP contribution is 2.23. The lowest BCUT2D eigenvalue weighted by Gasteiger charge is -2.15. The number of nitrogens with zero attached hydrogens (tertiary/aromatic N) is 4. The summed E-state index contributed by atoms with van der Waals surface area (Å²) in [5.41, 5.74) is 2.99. The summed E-state index contributed by atoms with van der Waals surface area (Å²) in [6.07, 6.45) is 5.47. The van der Waals surface area contributed by atoms with Crippen molar-refractivity contribution in [1.29, 1.82) is 0 Å². The third-order valence-electron chi connectivity index (χ3n) is 4.72. The number of carbonyl (C=O) groups is 1. The number of carbonyl (C=O) groups excluding carboxylic acids is 1. The molecule has 1 fully saturated rings. The summed E-state index contributed by atoms with van der Waals surface area (Å²) in [6, 6.07) is 7.79. The van der Waals surface area contributed by atoms with Crippen molar-refractivity contribution in [2.24, 2.45) is 5.92 Å². The third kappa shape index (κ3) is 5.11. The molecule has 2 heterocycles. The van der Waals surface area contributed by atoms with Crippen molar-refractivity contribution in [1.82, 2.24) is 20.3 Å². The van der Waals surface area contributed by atoms with Crippen molar-refractivity contribution in [2.45, 2.75) is 52.1 Å². The Morgan fingerprint density at radius 2 is 2.00 bits per heavy atom. The molecule has 8 heteroatoms. The van der Waals surface area contributed by atoms with E-state index in [1.807, 2.05) is 35.1 Å². The van der Waals surface area contributed by atoms with E-state index in [1.165, 1.54) is 5.56 Å². The minimum atomic E-state index is -0.225. The molecule has 1 aromatic heterocycles. The lowest BCUT2D eigenvalue weighted by Crippen LogP contribution is -2.31. The van der Waals surface area contributed by atoms with Gasteiger partial charge in [-0.15, -0.1) is 5.10 Å². The second-order valence-corrected chi connectivity index (χ2v) is 8.36. The van der Waals surface area contributed by atoms with Crippen LogP contribution in [0.1, 0.15) is 37.9 Å². The Morgan fingerprint density at radius 3 is 2.68 bits per heavy atom. The minimum absolute atomic E-state index is 0.0317. The molecule has 0 saturated carbocycles. The average Bonchev–Trinajstić information content (AvgIpc) is 3.23. The molecule has 1 aromatic carbocycles. The zero-order chi connectivity index (χ0) is 20.1. The van der Waals surface area contributed by atoms with E-state index in [9.17, 15) is 4.79 Å². The molecule has 2 aromatic rings. The number of benzene rings is 1. The van der Waals surface area contributed by atoms with Crippen LogP contribution in [0.25, 0.3) is 0 Å². The smallest absolute Gasteiger partial charge is 0.255 e. The Hall–Kier alpha value is -1.93. The van der Waals surface area contributed by atoms with Crippen molar-refractivity contribution < 1.29 is 4.79 Å². The van der Waals surface area contributed by atoms with Crippen LogP contribution >= 0.6 is 24.8 Å². The van der Waals surface area contributed by atoms with E-state index in [0.29, 0.717) is 11.0 Å². The van der Waals surface area contributed by atoms with Crippen LogP contribution in [0.4, 0.5) is 5.69 Å². The topological polar surface area (TPSA) is 63.1 Å². The molecule has 1 saturated heterocycles. The van der Waals surface area contributed by atoms with E-state index in [4.69, 9.17) is 12.2 Å². The van der Waals surface area contributed by atoms with Gasteiger partial charge in [0.15, 0.2) is 5.11 Å². The van der Waals surface area contributed by atoms with E-state index >= 15 is 0 Å². The molecule has 28 heavy (non-hydrogen) atoms. The van der Waals surface area contributed by atoms with Crippen molar-refractivity contribution in [3.63, 3.8) is 0 Å². The first-order valence-corrected chi connectivity index (χ1v) is 10.7. The Kier molecular flexibility index (Phi) is 7.07. The van der Waals surface area contributed by atoms with Crippen LogP contribution in [-0.2, 0) is 24.2 Å². The molecule has 1 atom stereocenters. The minimum Gasteiger partial charge on any atom is -0.350 e. The van der Waals surface area contributed by atoms with Gasteiger partial charge in [-0.25, -0.2) is 0 Å². The van der Waals surface area contributed by atoms with Gasteiger partial charge in [-0.05, 0) is 67.3 Å². The van der Waals surface area contributed by atoms with Gasteiger partial charge < -0.3 is 5.32 Å². The Balaban J connectivity index is 1.58. The zero-order valence-corrected chi connectivity index (χ0v) is 18.0. The summed E-state index contributed by atoms with van der Waals surface area (Å²) in [4.78, 5) is 14.3. The monoisotopic (exact) mass is 417 g/mol. The Morgan fingerprint density at radius 1 is 1.25 bits per heavy atom. The summed E-state index contributed by atoms with van der Waals surface area (Å²) in [5, 5.41) is 12.0. The number of aromatic nitrogens is 3. The lowest BCUT2D eigenvalue weighted by atomic mass is 10.0. The zero-order valence-electron chi connectivity index (χ0n) is 16.3. The molecule has 1 amide bonds. The highest BCUT2D eigenvalue weighted by molar-refractivity contribution is 7.80. The first-order valence-electron chi connectivity index (χ1n) is 9.71. The fourth-order valence-electron chi connectivity index (χ4n) is 3.29. The maximum atomic E-state index is 12.7. The largest absolute Gasteiger partial charge is 0.350 e. The van der Waals surface area contributed by atoms with Gasteiger partial charge in [0.25, 0.3) is 5.91 Å². The number of aryl methyl sites for hydroxylation is 3. The van der Waals surface area contributed by atoms with E-state index in [0.717, 1.165) is 49.4 Å². The molecule has 150 valence electrons. The van der Waals surface area contributed by atoms with Crippen LogP contribution in [0.3, 0.4) is 0 Å². The van der Waals surface area contributed by atoms with Gasteiger partial charge in [-0.3, -0.25) is 14.4 Å². The van der Waals surface area contributed by atoms with Gasteiger partial charge in [-0.1, -0.05) is 31.2 Å². The molecule has 1 aliphatic heterocycles. The van der Waals surface area contributed by atoms with Crippen LogP contribution < -0.4 is 10.2 Å². The van der Waals surface area contributed by atoms with Gasteiger partial charge in [0.2, 0.25) is 0 Å². The van der Waals surface area contributed by atoms with Crippen LogP contribution in [0.15, 0.2) is 30.5 Å². The number of amides is 1. The SMILES string of the molecule is CC(C)CC1NC(=S)N(c2ccc(CCc3cn(CCCS)nn3)cc2)C1=O. The molecule has 1 aliphatic rings. The number of rotatable bonds is 9. The number of anilines is 1. The van der Waals surface area contributed by atoms with Gasteiger partial charge in [0.05, 0.1) is 11.4 Å². The molecule has 0 radical (unpaired) electrons. The van der Waals surface area contributed by atoms with Gasteiger partial charge in [-0.2, -0.15) is 12.6 Å². The fourth-order valence-corrected chi connectivity index (χ4v) is 3.77. The summed E-state index contributed by atoms with van der Waals surface area (Å²) in [5.74, 6) is 1.31. The molecule has 1 N–H and O–H groups in total. The number of hydrogen-bond donors (Lipinski definition) is 2. The first kappa shape index (κ1) is 20.8. The molecule has 0 spiro atoms. The summed E-state index contributed by atoms with van der Waals surface area (Å²) < 4.78 is 1.87. The van der Waals surface area contributed by atoms with E-state index in [2.05, 4.69) is 42.1 Å². The van der Waals surface area contributed by atoms with Crippen LogP contribution in [0, 0.1) is 5.92 Å². The van der Waals surface area contributed by atoms with Gasteiger partial charge in [0, 0.05) is 12.7 Å². The van der Waals surface area contributed by atoms with Gasteiger partial charge in [0.1, 0.15) is 6.04 Å². The molecule has 0 aliphatic carbocycles. The maximum absolute atomic E-state index is 12.7. The second kappa shape index (κ2) is 9.52. The quantitative estimate of drug-likeness (QED) is 0.485. The lowest BCUT2D eigenvalue weighted by molar-refractivity contribution is -0.118. The number of nitrogens with one attached hydrogen (secondary N) is 1. The van der Waals surface area contributed by atoms with Crippen LogP contribution in [0.5, 0.6) is 0 Å². The van der Waals surface area contributed by atoms with Crippen molar-refractivity contribution in [2.75, 3.05) is 10.7 Å². The summed E-state index contributed by atoms with van der Waals surface area (Å²) >= 11 is 9.60. The van der Waals surface area contributed by atoms with Gasteiger partial charge >= 0.3 is 0 Å². The van der Waals surface area contributed by atoms with Crippen molar-refractivity contribution in [3.05, 3.63) is 41.7 Å². The molecular formula is C20H27N5OS2. The predicted octanol–water partition coefficient (Wildman–Crippen LogP) is 3.02. The number of thiocarbonyl (C=S) groups is 1. The van der Waals surface area contributed by atoms with E-state index < -0.39 is 0 Å².